The topological polar surface area (TPSA) is 18.5 Å². The maximum atomic E-state index is 6.27. The molecule has 1 aliphatic rings. The van der Waals surface area contributed by atoms with Crippen LogP contribution in [-0.2, 0) is 9.16 Å². The van der Waals surface area contributed by atoms with Crippen LogP contribution in [0, 0.1) is 5.41 Å². The van der Waals surface area contributed by atoms with E-state index in [1.54, 1.807) is 0 Å². The Hall–Kier alpha value is 0.837. The monoisotopic (exact) mass is 294 g/mol. The summed E-state index contributed by atoms with van der Waals surface area (Å²) in [6, 6.07) is 0. The lowest BCUT2D eigenvalue weighted by Crippen LogP contribution is -2.41. The molecule has 0 radical (unpaired) electrons. The van der Waals surface area contributed by atoms with Gasteiger partial charge in [0.25, 0.3) is 0 Å². The third-order valence-corrected chi connectivity index (χ3v) is 6.47. The average Bonchev–Trinajstić information content (AvgIpc) is 2.61. The highest BCUT2D eigenvalue weighted by atomic mass is 32.2. The van der Waals surface area contributed by atoms with E-state index in [1.165, 1.54) is 0 Å². The standard InChI is InChI=1S/C12H26O2S2Si/c1-7-13-11-15-8-9(16-11)10(12(2,3)4)14-17(5)6/h9-11,17H,7-8H2,1-6H3. The molecule has 1 saturated heterocycles. The normalized spacial score (nSPS) is 27.7. The van der Waals surface area contributed by atoms with E-state index in [4.69, 9.17) is 9.16 Å². The molecule has 1 aliphatic heterocycles. The number of thioether (sulfide) groups is 2. The molecule has 0 saturated carbocycles. The average molecular weight is 295 g/mol. The van der Waals surface area contributed by atoms with Crippen LogP contribution >= 0.6 is 23.5 Å². The molecule has 2 nitrogen and oxygen atoms in total. The van der Waals surface area contributed by atoms with Gasteiger partial charge in [-0.25, -0.2) is 0 Å². The first-order chi connectivity index (χ1) is 7.84. The summed E-state index contributed by atoms with van der Waals surface area (Å²) >= 11 is 3.87. The number of hydrogen-bond donors (Lipinski definition) is 0. The summed E-state index contributed by atoms with van der Waals surface area (Å²) < 4.78 is 12.3. The molecule has 0 aromatic carbocycles. The lowest BCUT2D eigenvalue weighted by Gasteiger charge is -2.36. The number of hydrogen-bond acceptors (Lipinski definition) is 4. The fourth-order valence-corrected chi connectivity index (χ4v) is 6.62. The Morgan fingerprint density at radius 1 is 1.35 bits per heavy atom. The molecule has 0 N–H and O–H groups in total. The summed E-state index contributed by atoms with van der Waals surface area (Å²) in [7, 11) is -0.984. The van der Waals surface area contributed by atoms with E-state index in [9.17, 15) is 0 Å². The molecule has 3 atom stereocenters. The molecule has 102 valence electrons. The van der Waals surface area contributed by atoms with Crippen LogP contribution in [0.4, 0.5) is 0 Å². The van der Waals surface area contributed by atoms with E-state index in [0.29, 0.717) is 16.1 Å². The van der Waals surface area contributed by atoms with Crippen molar-refractivity contribution in [2.45, 2.75) is 56.9 Å². The summed E-state index contributed by atoms with van der Waals surface area (Å²) in [6.07, 6.45) is 0.358. The summed E-state index contributed by atoms with van der Waals surface area (Å²) in [4.78, 5) is 0. The van der Waals surface area contributed by atoms with Gasteiger partial charge in [0.05, 0.1) is 6.10 Å². The summed E-state index contributed by atoms with van der Waals surface area (Å²) in [6.45, 7) is 14.2. The van der Waals surface area contributed by atoms with Crippen molar-refractivity contribution in [2.75, 3.05) is 12.4 Å². The van der Waals surface area contributed by atoms with Crippen molar-refractivity contribution < 1.29 is 9.16 Å². The van der Waals surface area contributed by atoms with Crippen molar-refractivity contribution in [1.29, 1.82) is 0 Å². The Morgan fingerprint density at radius 2 is 2.00 bits per heavy atom. The molecule has 0 bridgehead atoms. The molecule has 0 spiro atoms. The predicted molar refractivity (Wildman–Crippen MR) is 82.5 cm³/mol. The fourth-order valence-electron chi connectivity index (χ4n) is 1.92. The summed E-state index contributed by atoms with van der Waals surface area (Å²) in [5.41, 5.74) is 0.219. The van der Waals surface area contributed by atoms with Crippen LogP contribution < -0.4 is 0 Å². The highest BCUT2D eigenvalue weighted by molar-refractivity contribution is 8.20. The van der Waals surface area contributed by atoms with Gasteiger partial charge in [0.2, 0.25) is 0 Å². The first-order valence-corrected chi connectivity index (χ1v) is 11.2. The smallest absolute Gasteiger partial charge is 0.171 e. The van der Waals surface area contributed by atoms with Crippen LogP contribution in [0.15, 0.2) is 0 Å². The number of rotatable bonds is 5. The predicted octanol–water partition coefficient (Wildman–Crippen LogP) is 3.57. The second-order valence-corrected chi connectivity index (χ2v) is 10.8. The molecular formula is C12H26O2S2Si. The van der Waals surface area contributed by atoms with Gasteiger partial charge in [0.15, 0.2) is 9.04 Å². The van der Waals surface area contributed by atoms with Gasteiger partial charge < -0.3 is 9.16 Å². The molecule has 5 heteroatoms. The van der Waals surface area contributed by atoms with E-state index >= 15 is 0 Å². The van der Waals surface area contributed by atoms with E-state index in [0.717, 1.165) is 12.4 Å². The van der Waals surface area contributed by atoms with E-state index in [1.807, 2.05) is 23.5 Å². The maximum Gasteiger partial charge on any atom is 0.171 e. The minimum absolute atomic E-state index is 0.219. The van der Waals surface area contributed by atoms with Crippen molar-refractivity contribution in [3.05, 3.63) is 0 Å². The van der Waals surface area contributed by atoms with Gasteiger partial charge in [-0.1, -0.05) is 20.8 Å². The van der Waals surface area contributed by atoms with Gasteiger partial charge in [-0.15, -0.1) is 23.5 Å². The first kappa shape index (κ1) is 15.9. The fraction of sp³-hybridized carbons (Fsp3) is 1.00. The van der Waals surface area contributed by atoms with Gasteiger partial charge in [0, 0.05) is 17.6 Å². The first-order valence-electron chi connectivity index (χ1n) is 6.38. The Bertz CT molecular complexity index is 231. The molecule has 3 unspecified atom stereocenters. The van der Waals surface area contributed by atoms with Crippen LogP contribution in [0.25, 0.3) is 0 Å². The van der Waals surface area contributed by atoms with Gasteiger partial charge in [-0.3, -0.25) is 0 Å². The Morgan fingerprint density at radius 3 is 2.47 bits per heavy atom. The molecule has 17 heavy (non-hydrogen) atoms. The molecule has 0 aliphatic carbocycles. The molecule has 1 heterocycles. The zero-order valence-electron chi connectivity index (χ0n) is 11.9. The van der Waals surface area contributed by atoms with E-state index in [2.05, 4.69) is 40.8 Å². The molecule has 0 aromatic rings. The van der Waals surface area contributed by atoms with Gasteiger partial charge >= 0.3 is 0 Å². The van der Waals surface area contributed by atoms with Crippen molar-refractivity contribution in [2.24, 2.45) is 5.41 Å². The van der Waals surface area contributed by atoms with Crippen molar-refractivity contribution in [3.8, 4) is 0 Å². The Kier molecular flexibility index (Phi) is 6.40. The number of ether oxygens (including phenoxy) is 1. The lowest BCUT2D eigenvalue weighted by molar-refractivity contribution is 0.0889. The maximum absolute atomic E-state index is 6.27. The van der Waals surface area contributed by atoms with Crippen LogP contribution in [0.2, 0.25) is 13.1 Å². The third kappa shape index (κ3) is 5.15. The molecule has 1 fully saturated rings. The zero-order valence-corrected chi connectivity index (χ0v) is 14.6. The molecular weight excluding hydrogens is 268 g/mol. The van der Waals surface area contributed by atoms with Crippen LogP contribution in [-0.4, -0.2) is 37.5 Å². The van der Waals surface area contributed by atoms with Gasteiger partial charge in [-0.05, 0) is 25.4 Å². The van der Waals surface area contributed by atoms with E-state index < -0.39 is 9.04 Å². The SMILES string of the molecule is CCOC1SCC(C(O[SiH](C)C)C(C)(C)C)S1. The second-order valence-electron chi connectivity index (χ2n) is 5.72. The summed E-state index contributed by atoms with van der Waals surface area (Å²) in [5.74, 6) is 1.15. The zero-order chi connectivity index (χ0) is 13.1. The van der Waals surface area contributed by atoms with Gasteiger partial charge in [-0.2, -0.15) is 0 Å². The highest BCUT2D eigenvalue weighted by Crippen LogP contribution is 2.44. The van der Waals surface area contributed by atoms with Gasteiger partial charge in [0.1, 0.15) is 4.77 Å². The van der Waals surface area contributed by atoms with Crippen LogP contribution in [0.3, 0.4) is 0 Å². The van der Waals surface area contributed by atoms with E-state index in [-0.39, 0.29) is 5.41 Å². The quantitative estimate of drug-likeness (QED) is 0.721. The Balaban J connectivity index is 2.60. The van der Waals surface area contributed by atoms with Crippen molar-refractivity contribution in [1.82, 2.24) is 0 Å². The second kappa shape index (κ2) is 6.85. The largest absolute Gasteiger partial charge is 0.416 e. The molecule has 1 rings (SSSR count). The van der Waals surface area contributed by atoms with Crippen LogP contribution in [0.1, 0.15) is 27.7 Å². The minimum Gasteiger partial charge on any atom is -0.416 e. The third-order valence-electron chi connectivity index (χ3n) is 2.60. The molecule has 0 amide bonds. The van der Waals surface area contributed by atoms with Crippen molar-refractivity contribution in [3.63, 3.8) is 0 Å². The lowest BCUT2D eigenvalue weighted by atomic mass is 9.87. The molecule has 0 aromatic heterocycles. The van der Waals surface area contributed by atoms with Crippen LogP contribution in [0.5, 0.6) is 0 Å². The highest BCUT2D eigenvalue weighted by Gasteiger charge is 2.39. The Labute approximate surface area is 116 Å². The van der Waals surface area contributed by atoms with Crippen molar-refractivity contribution >= 4 is 32.6 Å². The summed E-state index contributed by atoms with van der Waals surface area (Å²) in [5, 5.41) is 0.575. The minimum atomic E-state index is -0.984.